The Labute approximate surface area is 526 Å². The molecule has 0 spiro atoms. The molecule has 16 bridgehead atoms. The molecule has 10 nitrogen and oxygen atoms in total. The van der Waals surface area contributed by atoms with Crippen molar-refractivity contribution in [2.75, 3.05) is 0 Å². The number of phenolic OH excluding ortho intramolecular Hbond substituents is 2. The second-order valence-electron chi connectivity index (χ2n) is 25.4. The Balaban J connectivity index is 1.13. The Hall–Kier alpha value is -9.80. The van der Waals surface area contributed by atoms with Crippen molar-refractivity contribution in [3.8, 4) is 44.9 Å². The SMILES string of the molecule is CCC1=C(C)c2cc3[nH]c(c(C)c3C)c(-c3cc4ccccc4c(-c4c(O)c(-c5c6nc(cc7[nH]c(cc8nc(cc9[nH]c5c(C)c9C)C(C)=C8CC)c(CC)c7C)C(C)=C6C)cc5ccccc45)c3O)c3nc(cc4[nH]c(cc1n2)c(CC)c4C)C(C)=C3C. The summed E-state index contributed by atoms with van der Waals surface area (Å²) in [6, 6.07) is 33.8. The van der Waals surface area contributed by atoms with Crippen LogP contribution in [0.3, 0.4) is 0 Å². The minimum Gasteiger partial charge on any atom is -0.507 e. The average Bonchev–Trinajstić information content (AvgIpc) is 0.837. The molecule has 10 aromatic rings. The van der Waals surface area contributed by atoms with Crippen LogP contribution in [0.5, 0.6) is 11.5 Å². The molecule has 90 heavy (non-hydrogen) atoms. The normalized spacial score (nSPS) is 13.6. The Morgan fingerprint density at radius 3 is 1.03 bits per heavy atom. The van der Waals surface area contributed by atoms with Gasteiger partial charge in [-0.15, -0.1) is 0 Å². The average molecular weight is 1180 g/mol. The van der Waals surface area contributed by atoms with Gasteiger partial charge in [0.1, 0.15) is 11.5 Å². The van der Waals surface area contributed by atoms with Gasteiger partial charge in [0.2, 0.25) is 0 Å². The molecule has 10 heterocycles. The van der Waals surface area contributed by atoms with Crippen molar-refractivity contribution in [3.63, 3.8) is 0 Å². The third kappa shape index (κ3) is 8.64. The van der Waals surface area contributed by atoms with E-state index >= 15 is 0 Å². The maximum absolute atomic E-state index is 14.1. The van der Waals surface area contributed by atoms with Gasteiger partial charge in [-0.25, -0.2) is 19.9 Å². The van der Waals surface area contributed by atoms with Crippen LogP contribution in [0, 0.1) is 41.5 Å². The molecule has 0 amide bonds. The highest BCUT2D eigenvalue weighted by atomic mass is 16.3. The van der Waals surface area contributed by atoms with E-state index in [-0.39, 0.29) is 11.5 Å². The fourth-order valence-corrected chi connectivity index (χ4v) is 14.9. The maximum Gasteiger partial charge on any atom is 0.132 e. The van der Waals surface area contributed by atoms with E-state index < -0.39 is 0 Å². The molecule has 0 saturated carbocycles. The van der Waals surface area contributed by atoms with Gasteiger partial charge < -0.3 is 30.1 Å². The summed E-state index contributed by atoms with van der Waals surface area (Å²) in [5.41, 5.74) is 36.2. The van der Waals surface area contributed by atoms with E-state index in [0.29, 0.717) is 22.3 Å². The van der Waals surface area contributed by atoms with Gasteiger partial charge in [0.15, 0.2) is 0 Å². The van der Waals surface area contributed by atoms with Crippen LogP contribution in [-0.2, 0) is 12.8 Å². The van der Waals surface area contributed by atoms with Crippen LogP contribution in [0.25, 0.3) is 144 Å². The van der Waals surface area contributed by atoms with Crippen LogP contribution in [-0.4, -0.2) is 50.1 Å². The summed E-state index contributed by atoms with van der Waals surface area (Å²) in [7, 11) is 0. The Kier molecular flexibility index (Phi) is 13.8. The summed E-state index contributed by atoms with van der Waals surface area (Å²) in [6.07, 6.45) is 3.40. The molecule has 6 aromatic heterocycles. The first kappa shape index (κ1) is 57.9. The highest BCUT2D eigenvalue weighted by molar-refractivity contribution is 6.17. The number of nitrogens with one attached hydrogen (secondary N) is 4. The van der Waals surface area contributed by atoms with Crippen molar-refractivity contribution in [2.24, 2.45) is 0 Å². The number of aryl methyl sites for hydroxylation is 8. The van der Waals surface area contributed by atoms with Crippen molar-refractivity contribution in [2.45, 2.75) is 136 Å². The number of nitrogens with zero attached hydrogens (tertiary/aromatic N) is 4. The quantitative estimate of drug-likeness (QED) is 0.0934. The summed E-state index contributed by atoms with van der Waals surface area (Å²) in [6.45, 7) is 34.8. The van der Waals surface area contributed by atoms with E-state index in [1.807, 2.05) is 24.3 Å². The van der Waals surface area contributed by atoms with Gasteiger partial charge in [-0.3, -0.25) is 0 Å². The standard InChI is InChI=1S/C80H78N8O2/c1-17-51-45(13)63-31-59-37(5)41(9)75(85-59)73(76-42(10)38(6)60(86-76)32-64-46(14)52(18-2)68(82-64)35-67(51)81-63)57-29-49-25-21-23-27-55(49)71(79(57)89)72-56-28-24-22-26-50(56)30-58(80(72)90)74-77-43(11)39(7)61(87-77)33-65-47(15)53(19-3)69(83-65)36-70-54(20-4)48(16)66(84-70)34-62-40(8)44(12)78(74)88-62/h21-36,81,83,86,88-90H,17-20H2,1-16H3. The largest absolute Gasteiger partial charge is 0.507 e. The van der Waals surface area contributed by atoms with Gasteiger partial charge in [-0.05, 0) is 268 Å². The molecular formula is C80H78N8O2. The van der Waals surface area contributed by atoms with Gasteiger partial charge in [0.05, 0.1) is 56.6 Å². The Bertz CT molecular complexity index is 5050. The zero-order chi connectivity index (χ0) is 63.2. The topological polar surface area (TPSA) is 155 Å². The minimum atomic E-state index is 0.0205. The smallest absolute Gasteiger partial charge is 0.132 e. The van der Waals surface area contributed by atoms with E-state index in [4.69, 9.17) is 19.9 Å². The Morgan fingerprint density at radius 1 is 0.322 bits per heavy atom. The highest BCUT2D eigenvalue weighted by Gasteiger charge is 2.31. The van der Waals surface area contributed by atoms with Crippen LogP contribution in [0.15, 0.2) is 97.1 Å². The second-order valence-corrected chi connectivity index (χ2v) is 25.4. The Morgan fingerprint density at radius 2 is 0.667 bits per heavy atom. The molecule has 0 fully saturated rings. The van der Waals surface area contributed by atoms with Crippen molar-refractivity contribution in [1.29, 1.82) is 0 Å². The number of hydrogen-bond acceptors (Lipinski definition) is 6. The lowest BCUT2D eigenvalue weighted by molar-refractivity contribution is 0.472. The fourth-order valence-electron chi connectivity index (χ4n) is 14.9. The van der Waals surface area contributed by atoms with Gasteiger partial charge in [-0.2, -0.15) is 0 Å². The predicted octanol–water partition coefficient (Wildman–Crippen LogP) is 21.2. The summed E-state index contributed by atoms with van der Waals surface area (Å²) in [5, 5.41) is 31.5. The molecule has 4 aliphatic rings. The minimum absolute atomic E-state index is 0.0205. The van der Waals surface area contributed by atoms with Crippen molar-refractivity contribution >= 4 is 110 Å². The summed E-state index contributed by atoms with van der Waals surface area (Å²) < 4.78 is 0. The molecule has 0 aliphatic carbocycles. The second kappa shape index (κ2) is 21.5. The number of aromatic hydroxyl groups is 2. The molecule has 4 aromatic carbocycles. The molecule has 0 unspecified atom stereocenters. The molecular weight excluding hydrogens is 1100 g/mol. The van der Waals surface area contributed by atoms with Crippen LogP contribution in [0.1, 0.15) is 172 Å². The molecule has 0 radical (unpaired) electrons. The molecule has 4 aliphatic heterocycles. The van der Waals surface area contributed by atoms with E-state index in [1.54, 1.807) is 0 Å². The lowest BCUT2D eigenvalue weighted by Gasteiger charge is -2.20. The molecule has 450 valence electrons. The number of aromatic nitrogens is 8. The van der Waals surface area contributed by atoms with Gasteiger partial charge in [-0.1, -0.05) is 76.2 Å². The third-order valence-corrected chi connectivity index (χ3v) is 20.9. The van der Waals surface area contributed by atoms with E-state index in [9.17, 15) is 10.2 Å². The number of benzene rings is 4. The maximum atomic E-state index is 14.1. The summed E-state index contributed by atoms with van der Waals surface area (Å²) >= 11 is 0. The van der Waals surface area contributed by atoms with E-state index in [0.717, 1.165) is 204 Å². The number of aromatic amines is 4. The summed E-state index contributed by atoms with van der Waals surface area (Å²) in [5.74, 6) is 0.0410. The molecule has 6 N–H and O–H groups in total. The number of phenols is 2. The predicted molar refractivity (Wildman–Crippen MR) is 379 cm³/mol. The zero-order valence-electron chi connectivity index (χ0n) is 54.7. The van der Waals surface area contributed by atoms with E-state index in [1.165, 1.54) is 33.4 Å². The monoisotopic (exact) mass is 1180 g/mol. The van der Waals surface area contributed by atoms with Crippen LogP contribution in [0.2, 0.25) is 0 Å². The van der Waals surface area contributed by atoms with Crippen molar-refractivity contribution in [3.05, 3.63) is 187 Å². The molecule has 0 saturated heterocycles. The lowest BCUT2D eigenvalue weighted by atomic mass is 9.85. The number of fused-ring (bicyclic) bond motifs is 18. The number of rotatable bonds is 7. The third-order valence-electron chi connectivity index (χ3n) is 20.9. The van der Waals surface area contributed by atoms with Gasteiger partial charge in [0.25, 0.3) is 0 Å². The van der Waals surface area contributed by atoms with E-state index in [2.05, 4.69) is 204 Å². The molecule has 14 rings (SSSR count). The fraction of sp³-hybridized carbons (Fsp3) is 0.250. The first-order chi connectivity index (χ1) is 43.2. The zero-order valence-corrected chi connectivity index (χ0v) is 54.7. The lowest BCUT2D eigenvalue weighted by Crippen LogP contribution is -1.96. The van der Waals surface area contributed by atoms with Crippen molar-refractivity contribution in [1.82, 2.24) is 39.9 Å². The first-order valence-electron chi connectivity index (χ1n) is 32.0. The van der Waals surface area contributed by atoms with Crippen LogP contribution >= 0.6 is 0 Å². The van der Waals surface area contributed by atoms with Crippen LogP contribution in [0.4, 0.5) is 0 Å². The number of H-pyrrole nitrogens is 4. The summed E-state index contributed by atoms with van der Waals surface area (Å²) in [4.78, 5) is 37.5. The molecule has 10 heteroatoms. The van der Waals surface area contributed by atoms with Crippen LogP contribution < -0.4 is 0 Å². The number of hydrogen-bond donors (Lipinski definition) is 6. The van der Waals surface area contributed by atoms with Gasteiger partial charge in [0, 0.05) is 66.5 Å². The first-order valence-corrected chi connectivity index (χ1v) is 32.0. The van der Waals surface area contributed by atoms with Crippen molar-refractivity contribution < 1.29 is 10.2 Å². The number of allylic oxidation sites excluding steroid dienone is 8. The van der Waals surface area contributed by atoms with Gasteiger partial charge >= 0.3 is 0 Å². The molecule has 0 atom stereocenters. The highest BCUT2D eigenvalue weighted by Crippen LogP contribution is 2.55.